The molecular formula is C16H22N2O3. The van der Waals surface area contributed by atoms with E-state index in [2.05, 4.69) is 5.32 Å². The molecule has 1 saturated heterocycles. The number of carbonyl (C=O) groups is 2. The van der Waals surface area contributed by atoms with Crippen molar-refractivity contribution >= 4 is 11.8 Å². The minimum absolute atomic E-state index is 0.0310. The van der Waals surface area contributed by atoms with Crippen LogP contribution in [0, 0.1) is 5.41 Å². The number of aliphatic hydroxyl groups is 1. The minimum Gasteiger partial charge on any atom is -0.395 e. The maximum Gasteiger partial charge on any atom is 0.253 e. The molecule has 0 spiro atoms. The van der Waals surface area contributed by atoms with Gasteiger partial charge in [-0.2, -0.15) is 0 Å². The van der Waals surface area contributed by atoms with Crippen molar-refractivity contribution in [3.05, 3.63) is 35.9 Å². The van der Waals surface area contributed by atoms with Crippen LogP contribution in [0.5, 0.6) is 0 Å². The third-order valence-corrected chi connectivity index (χ3v) is 3.95. The normalized spacial score (nSPS) is 21.9. The lowest BCUT2D eigenvalue weighted by Crippen LogP contribution is -2.52. The molecule has 0 bridgehead atoms. The van der Waals surface area contributed by atoms with E-state index in [1.54, 1.807) is 17.0 Å². The molecule has 0 radical (unpaired) electrons. The molecule has 5 nitrogen and oxygen atoms in total. The molecule has 21 heavy (non-hydrogen) atoms. The van der Waals surface area contributed by atoms with Crippen LogP contribution in [0.15, 0.2) is 30.3 Å². The van der Waals surface area contributed by atoms with Crippen molar-refractivity contribution < 1.29 is 14.7 Å². The van der Waals surface area contributed by atoms with E-state index >= 15 is 0 Å². The minimum atomic E-state index is -0.585. The van der Waals surface area contributed by atoms with Crippen LogP contribution in [0.2, 0.25) is 0 Å². The van der Waals surface area contributed by atoms with E-state index < -0.39 is 5.41 Å². The number of aliphatic hydroxyl groups excluding tert-OH is 1. The monoisotopic (exact) mass is 290 g/mol. The Bertz CT molecular complexity index is 504. The number of carbonyl (C=O) groups excluding carboxylic acids is 2. The van der Waals surface area contributed by atoms with E-state index in [1.807, 2.05) is 25.1 Å². The summed E-state index contributed by atoms with van der Waals surface area (Å²) in [5.74, 6) is -0.126. The molecule has 1 aliphatic rings. The fraction of sp³-hybridized carbons (Fsp3) is 0.500. The van der Waals surface area contributed by atoms with Crippen molar-refractivity contribution in [1.29, 1.82) is 0 Å². The quantitative estimate of drug-likeness (QED) is 0.870. The van der Waals surface area contributed by atoms with Crippen LogP contribution in [0.3, 0.4) is 0 Å². The summed E-state index contributed by atoms with van der Waals surface area (Å²) >= 11 is 0. The molecule has 114 valence electrons. The molecule has 1 heterocycles. The first kappa shape index (κ1) is 15.5. The molecule has 1 aliphatic heterocycles. The van der Waals surface area contributed by atoms with Gasteiger partial charge in [-0.3, -0.25) is 9.59 Å². The summed E-state index contributed by atoms with van der Waals surface area (Å²) in [6.45, 7) is 3.15. The summed E-state index contributed by atoms with van der Waals surface area (Å²) in [4.78, 5) is 26.4. The highest BCUT2D eigenvalue weighted by Gasteiger charge is 2.39. The number of nitrogens with zero attached hydrogens (tertiary/aromatic N) is 1. The van der Waals surface area contributed by atoms with Crippen molar-refractivity contribution in [1.82, 2.24) is 10.2 Å². The number of likely N-dealkylation sites (tertiary alicyclic amines) is 1. The smallest absolute Gasteiger partial charge is 0.253 e. The predicted octanol–water partition coefficient (Wildman–Crippen LogP) is 1.04. The average molecular weight is 290 g/mol. The molecule has 0 saturated carbocycles. The molecule has 0 aliphatic carbocycles. The Labute approximate surface area is 125 Å². The van der Waals surface area contributed by atoms with Crippen molar-refractivity contribution in [2.75, 3.05) is 26.2 Å². The van der Waals surface area contributed by atoms with Crippen LogP contribution >= 0.6 is 0 Å². The van der Waals surface area contributed by atoms with Crippen LogP contribution in [0.1, 0.15) is 30.1 Å². The van der Waals surface area contributed by atoms with E-state index in [-0.39, 0.29) is 25.0 Å². The van der Waals surface area contributed by atoms with E-state index in [0.717, 1.165) is 12.8 Å². The number of rotatable bonds is 4. The van der Waals surface area contributed by atoms with Crippen molar-refractivity contribution in [2.24, 2.45) is 5.41 Å². The fourth-order valence-corrected chi connectivity index (χ4v) is 2.74. The van der Waals surface area contributed by atoms with Crippen LogP contribution in [0.25, 0.3) is 0 Å². The molecule has 5 heteroatoms. The Morgan fingerprint density at radius 2 is 2.05 bits per heavy atom. The maximum atomic E-state index is 12.5. The molecule has 0 aromatic heterocycles. The zero-order valence-electron chi connectivity index (χ0n) is 12.3. The van der Waals surface area contributed by atoms with E-state index in [9.17, 15) is 9.59 Å². The summed E-state index contributed by atoms with van der Waals surface area (Å²) in [6.07, 6.45) is 1.56. The first-order valence-electron chi connectivity index (χ1n) is 7.30. The van der Waals surface area contributed by atoms with Gasteiger partial charge < -0.3 is 15.3 Å². The third kappa shape index (κ3) is 3.61. The van der Waals surface area contributed by atoms with Gasteiger partial charge in [-0.25, -0.2) is 0 Å². The summed E-state index contributed by atoms with van der Waals surface area (Å²) in [5.41, 5.74) is 0.0650. The van der Waals surface area contributed by atoms with Crippen molar-refractivity contribution in [2.45, 2.75) is 19.8 Å². The van der Waals surface area contributed by atoms with Crippen LogP contribution in [-0.4, -0.2) is 48.1 Å². The molecular weight excluding hydrogens is 268 g/mol. The van der Waals surface area contributed by atoms with Crippen LogP contribution in [-0.2, 0) is 4.79 Å². The van der Waals surface area contributed by atoms with E-state index in [0.29, 0.717) is 18.7 Å². The lowest BCUT2D eigenvalue weighted by molar-refractivity contribution is -0.132. The van der Waals surface area contributed by atoms with Gasteiger partial charge in [0.05, 0.1) is 12.0 Å². The summed E-state index contributed by atoms with van der Waals surface area (Å²) in [6, 6.07) is 9.13. The summed E-state index contributed by atoms with van der Waals surface area (Å²) < 4.78 is 0. The fourth-order valence-electron chi connectivity index (χ4n) is 2.74. The summed E-state index contributed by atoms with van der Waals surface area (Å²) in [5, 5.41) is 11.5. The number of amides is 2. The Kier molecular flexibility index (Phi) is 4.96. The predicted molar refractivity (Wildman–Crippen MR) is 79.8 cm³/mol. The van der Waals surface area contributed by atoms with Crippen LogP contribution < -0.4 is 5.32 Å². The molecule has 2 amide bonds. The van der Waals surface area contributed by atoms with Gasteiger partial charge in [-0.15, -0.1) is 0 Å². The first-order chi connectivity index (χ1) is 10.1. The van der Waals surface area contributed by atoms with Gasteiger partial charge in [-0.05, 0) is 31.9 Å². The zero-order chi connectivity index (χ0) is 15.3. The number of hydrogen-bond acceptors (Lipinski definition) is 3. The molecule has 1 aromatic carbocycles. The number of hydrogen-bond donors (Lipinski definition) is 2. The Hall–Kier alpha value is -1.88. The van der Waals surface area contributed by atoms with Gasteiger partial charge in [0.2, 0.25) is 5.91 Å². The standard InChI is InChI=1S/C16H22N2O3/c1-16(15(21)17-9-11-19)8-5-10-18(12-16)14(20)13-6-3-2-4-7-13/h2-4,6-7,19H,5,8-12H2,1H3,(H,17,21). The second kappa shape index (κ2) is 6.72. The maximum absolute atomic E-state index is 12.5. The molecule has 1 unspecified atom stereocenters. The number of benzene rings is 1. The molecule has 1 atom stereocenters. The largest absolute Gasteiger partial charge is 0.395 e. The molecule has 2 rings (SSSR count). The SMILES string of the molecule is CC1(C(=O)NCCO)CCCN(C(=O)c2ccccc2)C1. The van der Waals surface area contributed by atoms with Crippen molar-refractivity contribution in [3.8, 4) is 0 Å². The molecule has 1 fully saturated rings. The zero-order valence-corrected chi connectivity index (χ0v) is 12.3. The molecule has 1 aromatic rings. The average Bonchev–Trinajstić information content (AvgIpc) is 2.52. The van der Waals surface area contributed by atoms with Gasteiger partial charge in [0, 0.05) is 25.2 Å². The second-order valence-electron chi connectivity index (χ2n) is 5.74. The third-order valence-electron chi connectivity index (χ3n) is 3.95. The van der Waals surface area contributed by atoms with E-state index in [4.69, 9.17) is 5.11 Å². The molecule has 2 N–H and O–H groups in total. The highest BCUT2D eigenvalue weighted by atomic mass is 16.3. The van der Waals surface area contributed by atoms with Gasteiger partial charge in [0.15, 0.2) is 0 Å². The van der Waals surface area contributed by atoms with Crippen LogP contribution in [0.4, 0.5) is 0 Å². The van der Waals surface area contributed by atoms with Gasteiger partial charge >= 0.3 is 0 Å². The highest BCUT2D eigenvalue weighted by molar-refractivity contribution is 5.95. The van der Waals surface area contributed by atoms with Gasteiger partial charge in [-0.1, -0.05) is 18.2 Å². The van der Waals surface area contributed by atoms with Gasteiger partial charge in [0.1, 0.15) is 0 Å². The lowest BCUT2D eigenvalue weighted by Gasteiger charge is -2.39. The van der Waals surface area contributed by atoms with Gasteiger partial charge in [0.25, 0.3) is 5.91 Å². The Morgan fingerprint density at radius 1 is 1.33 bits per heavy atom. The Morgan fingerprint density at radius 3 is 2.71 bits per heavy atom. The lowest BCUT2D eigenvalue weighted by atomic mass is 9.80. The number of nitrogens with one attached hydrogen (secondary N) is 1. The Balaban J connectivity index is 2.06. The topological polar surface area (TPSA) is 69.6 Å². The summed E-state index contributed by atoms with van der Waals surface area (Å²) in [7, 11) is 0. The first-order valence-corrected chi connectivity index (χ1v) is 7.30. The second-order valence-corrected chi connectivity index (χ2v) is 5.74. The van der Waals surface area contributed by atoms with E-state index in [1.165, 1.54) is 0 Å². The highest BCUT2D eigenvalue weighted by Crippen LogP contribution is 2.30. The van der Waals surface area contributed by atoms with Crippen molar-refractivity contribution in [3.63, 3.8) is 0 Å². The number of piperidine rings is 1.